The molecule has 1 spiro atoms. The van der Waals surface area contributed by atoms with Crippen molar-refractivity contribution in [3.8, 4) is 0 Å². The minimum absolute atomic E-state index is 0.00562. The number of pyridine rings is 1. The minimum atomic E-state index is -0.527. The molecule has 1 N–H and O–H groups in total. The first kappa shape index (κ1) is 18.7. The second-order valence-electron chi connectivity index (χ2n) is 10.5. The van der Waals surface area contributed by atoms with Crippen LogP contribution in [0, 0.1) is 34.0 Å². The van der Waals surface area contributed by atoms with Crippen LogP contribution >= 0.6 is 0 Å². The number of ketones is 1. The van der Waals surface area contributed by atoms with Gasteiger partial charge in [-0.15, -0.1) is 0 Å². The topological polar surface area (TPSA) is 59.4 Å². The number of carbonyl (C=O) groups excluding carboxylic acids is 1. The normalized spacial score (nSPS) is 49.7. The number of aliphatic hydroxyl groups excluding tert-OH is 1. The van der Waals surface area contributed by atoms with Crippen LogP contribution in [0.5, 0.6) is 0 Å². The first-order chi connectivity index (χ1) is 13.4. The standard InChI is InChI=1S/C24H33NO3/c1-15-21(27)22(2,12-16-6-10-25-11-7-16)14-19(26)24-13-17(24)4-8-23(15)9-5-18(28-3)20(23)24/h6-7,10-11,15,17-20,26H,4-5,8-9,12-14H2,1-3H3/t15-,17-,18+,19+,20?,22+,23?,24-/m0/s1. The number of hydrogen-bond acceptors (Lipinski definition) is 4. The third kappa shape index (κ3) is 2.31. The largest absolute Gasteiger partial charge is 0.392 e. The fourth-order valence-corrected chi connectivity index (χ4v) is 8.01. The Balaban J connectivity index is 1.58. The smallest absolute Gasteiger partial charge is 0.142 e. The van der Waals surface area contributed by atoms with Gasteiger partial charge in [0.05, 0.1) is 12.2 Å². The van der Waals surface area contributed by atoms with Crippen molar-refractivity contribution in [3.05, 3.63) is 30.1 Å². The van der Waals surface area contributed by atoms with E-state index in [1.807, 2.05) is 19.2 Å². The maximum atomic E-state index is 14.0. The van der Waals surface area contributed by atoms with Gasteiger partial charge in [0.2, 0.25) is 0 Å². The summed E-state index contributed by atoms with van der Waals surface area (Å²) >= 11 is 0. The zero-order chi connectivity index (χ0) is 19.7. The Morgan fingerprint density at radius 1 is 1.21 bits per heavy atom. The number of aliphatic hydroxyl groups is 1. The second kappa shape index (κ2) is 6.12. The van der Waals surface area contributed by atoms with Crippen molar-refractivity contribution >= 4 is 5.78 Å². The highest BCUT2D eigenvalue weighted by Gasteiger charge is 2.75. The van der Waals surface area contributed by atoms with Crippen LogP contribution in [0.25, 0.3) is 0 Å². The molecule has 0 aromatic carbocycles. The predicted octanol–water partition coefficient (Wildman–Crippen LogP) is 3.81. The van der Waals surface area contributed by atoms with Gasteiger partial charge in [-0.3, -0.25) is 9.78 Å². The van der Waals surface area contributed by atoms with Gasteiger partial charge in [-0.05, 0) is 79.9 Å². The second-order valence-corrected chi connectivity index (χ2v) is 10.5. The summed E-state index contributed by atoms with van der Waals surface area (Å²) < 4.78 is 5.95. The molecule has 2 unspecified atom stereocenters. The lowest BCUT2D eigenvalue weighted by Crippen LogP contribution is -2.57. The average Bonchev–Trinajstić information content (AvgIpc) is 3.33. The van der Waals surface area contributed by atoms with E-state index in [4.69, 9.17) is 4.74 Å². The molecule has 5 rings (SSSR count). The van der Waals surface area contributed by atoms with E-state index in [1.165, 1.54) is 6.42 Å². The molecule has 0 aliphatic heterocycles. The number of carbonyl (C=O) groups is 1. The van der Waals surface area contributed by atoms with E-state index in [9.17, 15) is 9.90 Å². The van der Waals surface area contributed by atoms with Crippen LogP contribution in [0.1, 0.15) is 57.9 Å². The van der Waals surface area contributed by atoms with E-state index < -0.39 is 11.5 Å². The molecular formula is C24H33NO3. The van der Waals surface area contributed by atoms with E-state index in [0.29, 0.717) is 30.5 Å². The van der Waals surface area contributed by atoms with Crippen molar-refractivity contribution in [1.29, 1.82) is 0 Å². The Labute approximate surface area is 168 Å². The van der Waals surface area contributed by atoms with Crippen LogP contribution in [-0.2, 0) is 16.0 Å². The Kier molecular flexibility index (Phi) is 4.10. The maximum Gasteiger partial charge on any atom is 0.142 e. The molecule has 0 radical (unpaired) electrons. The SMILES string of the molecule is CO[C@@H]1CCC23CC[C@H]4C[C@@]4(C12)[C@H](O)C[C@@](C)(Cc1ccncc1)C(=O)[C@@H]3C. The zero-order valence-corrected chi connectivity index (χ0v) is 17.4. The number of aromatic nitrogens is 1. The van der Waals surface area contributed by atoms with Crippen molar-refractivity contribution in [2.45, 2.75) is 71.0 Å². The van der Waals surface area contributed by atoms with Crippen LogP contribution < -0.4 is 0 Å². The summed E-state index contributed by atoms with van der Waals surface area (Å²) in [6.07, 6.45) is 10.1. The van der Waals surface area contributed by atoms with Gasteiger partial charge in [0.1, 0.15) is 5.78 Å². The maximum absolute atomic E-state index is 14.0. The molecule has 152 valence electrons. The summed E-state index contributed by atoms with van der Waals surface area (Å²) in [5.74, 6) is 1.32. The monoisotopic (exact) mass is 383 g/mol. The zero-order valence-electron chi connectivity index (χ0n) is 17.4. The molecule has 2 bridgehead atoms. The lowest BCUT2D eigenvalue weighted by atomic mass is 9.50. The molecule has 0 saturated heterocycles. The number of hydrogen-bond donors (Lipinski definition) is 1. The molecule has 28 heavy (non-hydrogen) atoms. The van der Waals surface area contributed by atoms with E-state index in [1.54, 1.807) is 12.4 Å². The van der Waals surface area contributed by atoms with Crippen LogP contribution in [-0.4, -0.2) is 35.2 Å². The van der Waals surface area contributed by atoms with Crippen LogP contribution in [0.4, 0.5) is 0 Å². The third-order valence-corrected chi connectivity index (χ3v) is 9.38. The van der Waals surface area contributed by atoms with E-state index >= 15 is 0 Å². The van der Waals surface area contributed by atoms with Crippen molar-refractivity contribution < 1.29 is 14.6 Å². The van der Waals surface area contributed by atoms with E-state index in [2.05, 4.69) is 18.8 Å². The highest BCUT2D eigenvalue weighted by atomic mass is 16.5. The molecule has 8 atom stereocenters. The van der Waals surface area contributed by atoms with Gasteiger partial charge in [-0.25, -0.2) is 0 Å². The van der Waals surface area contributed by atoms with Crippen LogP contribution in [0.3, 0.4) is 0 Å². The highest BCUT2D eigenvalue weighted by Crippen LogP contribution is 2.77. The highest BCUT2D eigenvalue weighted by molar-refractivity contribution is 5.88. The summed E-state index contributed by atoms with van der Waals surface area (Å²) in [7, 11) is 1.82. The Hall–Kier alpha value is -1.26. The van der Waals surface area contributed by atoms with Gasteiger partial charge >= 0.3 is 0 Å². The first-order valence-electron chi connectivity index (χ1n) is 11.0. The fraction of sp³-hybridized carbons (Fsp3) is 0.750. The molecule has 4 nitrogen and oxygen atoms in total. The molecule has 4 aliphatic rings. The van der Waals surface area contributed by atoms with Gasteiger partial charge in [-0.2, -0.15) is 0 Å². The van der Waals surface area contributed by atoms with Crippen molar-refractivity contribution in [2.75, 3.05) is 7.11 Å². The molecule has 4 saturated carbocycles. The number of nitrogens with zero attached hydrogens (tertiary/aromatic N) is 1. The molecular weight excluding hydrogens is 350 g/mol. The third-order valence-electron chi connectivity index (χ3n) is 9.38. The molecule has 1 aromatic heterocycles. The molecule has 1 heterocycles. The summed E-state index contributed by atoms with van der Waals surface area (Å²) in [5.41, 5.74) is 0.590. The van der Waals surface area contributed by atoms with E-state index in [0.717, 1.165) is 31.2 Å². The minimum Gasteiger partial charge on any atom is -0.392 e. The summed E-state index contributed by atoms with van der Waals surface area (Å²) in [4.78, 5) is 18.1. The number of Topliss-reactive ketones (excluding diaryl/α,β-unsaturated/α-hetero) is 1. The van der Waals surface area contributed by atoms with Gasteiger partial charge in [0.25, 0.3) is 0 Å². The molecule has 0 amide bonds. The number of rotatable bonds is 3. The fourth-order valence-electron chi connectivity index (χ4n) is 8.01. The molecule has 1 aromatic rings. The lowest BCUT2D eigenvalue weighted by molar-refractivity contribution is -0.160. The Morgan fingerprint density at radius 3 is 2.64 bits per heavy atom. The molecule has 4 fully saturated rings. The Morgan fingerprint density at radius 2 is 1.93 bits per heavy atom. The summed E-state index contributed by atoms with van der Waals surface area (Å²) in [5, 5.41) is 11.6. The van der Waals surface area contributed by atoms with Crippen LogP contribution in [0.15, 0.2) is 24.5 Å². The van der Waals surface area contributed by atoms with Gasteiger partial charge < -0.3 is 9.84 Å². The van der Waals surface area contributed by atoms with Gasteiger partial charge in [0.15, 0.2) is 0 Å². The van der Waals surface area contributed by atoms with Crippen LogP contribution in [0.2, 0.25) is 0 Å². The van der Waals surface area contributed by atoms with Gasteiger partial charge in [-0.1, -0.05) is 13.8 Å². The summed E-state index contributed by atoms with van der Waals surface area (Å²) in [6.45, 7) is 4.28. The predicted molar refractivity (Wildman–Crippen MR) is 107 cm³/mol. The Bertz CT molecular complexity index is 781. The van der Waals surface area contributed by atoms with Crippen molar-refractivity contribution in [3.63, 3.8) is 0 Å². The number of ether oxygens (including phenoxy) is 1. The first-order valence-corrected chi connectivity index (χ1v) is 11.0. The molecule has 4 aliphatic carbocycles. The quantitative estimate of drug-likeness (QED) is 0.862. The average molecular weight is 384 g/mol. The van der Waals surface area contributed by atoms with Crippen molar-refractivity contribution in [2.24, 2.45) is 34.0 Å². The summed E-state index contributed by atoms with van der Waals surface area (Å²) in [6, 6.07) is 4.01. The lowest BCUT2D eigenvalue weighted by Gasteiger charge is -2.54. The van der Waals surface area contributed by atoms with Gasteiger partial charge in [0, 0.05) is 36.3 Å². The van der Waals surface area contributed by atoms with Crippen molar-refractivity contribution in [1.82, 2.24) is 4.98 Å². The van der Waals surface area contributed by atoms with E-state index in [-0.39, 0.29) is 22.9 Å². The molecule has 4 heteroatoms. The number of methoxy groups -OCH3 is 1.